The molecule has 2 rings (SSSR count). The lowest BCUT2D eigenvalue weighted by Crippen LogP contribution is -2.32. The first kappa shape index (κ1) is 16.0. The third kappa shape index (κ3) is 4.86. The largest absolute Gasteiger partial charge is 0.490 e. The van der Waals surface area contributed by atoms with E-state index in [-0.39, 0.29) is 12.8 Å². The van der Waals surface area contributed by atoms with Crippen LogP contribution in [0.5, 0.6) is 11.5 Å². The summed E-state index contributed by atoms with van der Waals surface area (Å²) < 4.78 is 10.9. The lowest BCUT2D eigenvalue weighted by Gasteiger charge is -2.12. The van der Waals surface area contributed by atoms with Crippen molar-refractivity contribution >= 4 is 23.3 Å². The van der Waals surface area contributed by atoms with Gasteiger partial charge in [0.15, 0.2) is 18.2 Å². The zero-order valence-corrected chi connectivity index (χ0v) is 12.9. The SMILES string of the molecule is CCOc1ccccc1OCNC(=O)Nc1ccc(Cl)cc1. The fraction of sp³-hybridized carbons (Fsp3) is 0.188. The molecule has 6 heteroatoms. The zero-order valence-electron chi connectivity index (χ0n) is 12.1. The molecule has 0 aliphatic rings. The van der Waals surface area contributed by atoms with Gasteiger partial charge in [-0.05, 0) is 43.3 Å². The van der Waals surface area contributed by atoms with Crippen LogP contribution in [0.4, 0.5) is 10.5 Å². The fourth-order valence-electron chi connectivity index (χ4n) is 1.73. The summed E-state index contributed by atoms with van der Waals surface area (Å²) in [7, 11) is 0. The van der Waals surface area contributed by atoms with Gasteiger partial charge < -0.3 is 20.1 Å². The molecule has 2 aromatic carbocycles. The fourth-order valence-corrected chi connectivity index (χ4v) is 1.86. The van der Waals surface area contributed by atoms with Crippen LogP contribution in [0.1, 0.15) is 6.92 Å². The van der Waals surface area contributed by atoms with Crippen molar-refractivity contribution < 1.29 is 14.3 Å². The Balaban J connectivity index is 1.81. The average molecular weight is 321 g/mol. The molecule has 0 unspecified atom stereocenters. The molecule has 0 aliphatic heterocycles. The number of anilines is 1. The van der Waals surface area contributed by atoms with Crippen LogP contribution in [-0.4, -0.2) is 19.4 Å². The van der Waals surface area contributed by atoms with E-state index in [2.05, 4.69) is 10.6 Å². The molecule has 0 bridgehead atoms. The quantitative estimate of drug-likeness (QED) is 0.794. The number of urea groups is 1. The van der Waals surface area contributed by atoms with Crippen LogP contribution in [0.15, 0.2) is 48.5 Å². The summed E-state index contributed by atoms with van der Waals surface area (Å²) in [5.74, 6) is 1.22. The summed E-state index contributed by atoms with van der Waals surface area (Å²) in [6.07, 6.45) is 0. The number of amides is 2. The molecule has 0 saturated carbocycles. The predicted molar refractivity (Wildman–Crippen MR) is 86.7 cm³/mol. The van der Waals surface area contributed by atoms with Gasteiger partial charge in [-0.1, -0.05) is 23.7 Å². The number of benzene rings is 2. The van der Waals surface area contributed by atoms with Gasteiger partial charge in [-0.3, -0.25) is 0 Å². The van der Waals surface area contributed by atoms with E-state index in [1.165, 1.54) is 0 Å². The number of carbonyl (C=O) groups is 1. The van der Waals surface area contributed by atoms with Crippen LogP contribution in [0, 0.1) is 0 Å². The Labute approximate surface area is 134 Å². The Morgan fingerprint density at radius 1 is 1.05 bits per heavy atom. The van der Waals surface area contributed by atoms with Crippen LogP contribution < -0.4 is 20.1 Å². The van der Waals surface area contributed by atoms with Gasteiger partial charge in [0.05, 0.1) is 6.61 Å². The molecule has 0 aliphatic carbocycles. The van der Waals surface area contributed by atoms with Crippen molar-refractivity contribution in [3.8, 4) is 11.5 Å². The van der Waals surface area contributed by atoms with E-state index in [1.807, 2.05) is 25.1 Å². The molecule has 2 aromatic rings. The molecule has 2 N–H and O–H groups in total. The number of nitrogens with one attached hydrogen (secondary N) is 2. The number of hydrogen-bond donors (Lipinski definition) is 2. The topological polar surface area (TPSA) is 59.6 Å². The van der Waals surface area contributed by atoms with E-state index in [0.717, 1.165) is 0 Å². The summed E-state index contributed by atoms with van der Waals surface area (Å²) in [6, 6.07) is 13.8. The molecule has 116 valence electrons. The second-order valence-corrected chi connectivity index (χ2v) is 4.74. The standard InChI is InChI=1S/C16H17ClN2O3/c1-2-21-14-5-3-4-6-15(14)22-11-18-16(20)19-13-9-7-12(17)8-10-13/h3-10H,2,11H2,1H3,(H2,18,19,20). The Hall–Kier alpha value is -2.40. The maximum Gasteiger partial charge on any atom is 0.321 e. The Bertz CT molecular complexity index is 617. The average Bonchev–Trinajstić information content (AvgIpc) is 2.51. The second kappa shape index (κ2) is 8.14. The van der Waals surface area contributed by atoms with E-state index >= 15 is 0 Å². The molecule has 22 heavy (non-hydrogen) atoms. The predicted octanol–water partition coefficient (Wildman–Crippen LogP) is 3.90. The van der Waals surface area contributed by atoms with Gasteiger partial charge in [-0.2, -0.15) is 0 Å². The van der Waals surface area contributed by atoms with Crippen molar-refractivity contribution in [3.05, 3.63) is 53.6 Å². The highest BCUT2D eigenvalue weighted by molar-refractivity contribution is 6.30. The first-order valence-corrected chi connectivity index (χ1v) is 7.22. The minimum absolute atomic E-state index is 0.0313. The van der Waals surface area contributed by atoms with Gasteiger partial charge in [-0.15, -0.1) is 0 Å². The van der Waals surface area contributed by atoms with Crippen molar-refractivity contribution in [1.29, 1.82) is 0 Å². The molecule has 0 spiro atoms. The highest BCUT2D eigenvalue weighted by Crippen LogP contribution is 2.25. The third-order valence-electron chi connectivity index (χ3n) is 2.71. The third-order valence-corrected chi connectivity index (χ3v) is 2.96. The second-order valence-electron chi connectivity index (χ2n) is 4.31. The molecule has 0 saturated heterocycles. The molecule has 0 atom stereocenters. The van der Waals surface area contributed by atoms with Crippen molar-refractivity contribution in [2.75, 3.05) is 18.7 Å². The molecule has 0 heterocycles. The first-order valence-electron chi connectivity index (χ1n) is 6.84. The van der Waals surface area contributed by atoms with Gasteiger partial charge in [0.25, 0.3) is 0 Å². The maximum absolute atomic E-state index is 11.7. The molecule has 2 amide bonds. The molecular formula is C16H17ClN2O3. The Morgan fingerprint density at radius 2 is 1.68 bits per heavy atom. The highest BCUT2D eigenvalue weighted by atomic mass is 35.5. The van der Waals surface area contributed by atoms with E-state index in [0.29, 0.717) is 28.8 Å². The number of halogens is 1. The summed E-state index contributed by atoms with van der Waals surface area (Å²) >= 11 is 5.78. The highest BCUT2D eigenvalue weighted by Gasteiger charge is 2.05. The first-order chi connectivity index (χ1) is 10.7. The number of ether oxygens (including phenoxy) is 2. The number of rotatable bonds is 6. The van der Waals surface area contributed by atoms with Gasteiger partial charge in [0.2, 0.25) is 0 Å². The van der Waals surface area contributed by atoms with Gasteiger partial charge in [-0.25, -0.2) is 4.79 Å². The summed E-state index contributed by atoms with van der Waals surface area (Å²) in [6.45, 7) is 2.48. The van der Waals surface area contributed by atoms with Crippen molar-refractivity contribution in [2.45, 2.75) is 6.92 Å². The van der Waals surface area contributed by atoms with Crippen molar-refractivity contribution in [1.82, 2.24) is 5.32 Å². The lowest BCUT2D eigenvalue weighted by molar-refractivity contribution is 0.229. The monoisotopic (exact) mass is 320 g/mol. The normalized spacial score (nSPS) is 9.91. The summed E-state index contributed by atoms with van der Waals surface area (Å²) in [5.41, 5.74) is 0.650. The van der Waals surface area contributed by atoms with Crippen LogP contribution in [0.3, 0.4) is 0 Å². The Morgan fingerprint density at radius 3 is 2.32 bits per heavy atom. The Kier molecular flexibility index (Phi) is 5.91. The minimum Gasteiger partial charge on any atom is -0.490 e. The maximum atomic E-state index is 11.7. The van der Waals surface area contributed by atoms with Crippen LogP contribution >= 0.6 is 11.6 Å². The number of para-hydroxylation sites is 2. The van der Waals surface area contributed by atoms with Gasteiger partial charge >= 0.3 is 6.03 Å². The van der Waals surface area contributed by atoms with Crippen LogP contribution in [-0.2, 0) is 0 Å². The lowest BCUT2D eigenvalue weighted by atomic mass is 10.3. The van der Waals surface area contributed by atoms with Gasteiger partial charge in [0.1, 0.15) is 0 Å². The van der Waals surface area contributed by atoms with Crippen molar-refractivity contribution in [3.63, 3.8) is 0 Å². The minimum atomic E-state index is -0.365. The molecular weight excluding hydrogens is 304 g/mol. The number of hydrogen-bond acceptors (Lipinski definition) is 3. The van der Waals surface area contributed by atoms with Gasteiger partial charge in [0, 0.05) is 10.7 Å². The van der Waals surface area contributed by atoms with Crippen molar-refractivity contribution in [2.24, 2.45) is 0 Å². The molecule has 0 radical (unpaired) electrons. The van der Waals surface area contributed by atoms with E-state index < -0.39 is 0 Å². The van der Waals surface area contributed by atoms with Crippen LogP contribution in [0.25, 0.3) is 0 Å². The van der Waals surface area contributed by atoms with E-state index in [4.69, 9.17) is 21.1 Å². The zero-order chi connectivity index (χ0) is 15.8. The summed E-state index contributed by atoms with van der Waals surface area (Å²) in [4.78, 5) is 11.7. The summed E-state index contributed by atoms with van der Waals surface area (Å²) in [5, 5.41) is 5.89. The van der Waals surface area contributed by atoms with E-state index in [9.17, 15) is 4.79 Å². The number of carbonyl (C=O) groups excluding carboxylic acids is 1. The smallest absolute Gasteiger partial charge is 0.321 e. The molecule has 0 aromatic heterocycles. The van der Waals surface area contributed by atoms with Crippen LogP contribution in [0.2, 0.25) is 5.02 Å². The van der Waals surface area contributed by atoms with E-state index in [1.54, 1.807) is 30.3 Å². The molecule has 0 fully saturated rings. The molecule has 5 nitrogen and oxygen atoms in total.